The van der Waals surface area contributed by atoms with Gasteiger partial charge >= 0.3 is 0 Å². The molecule has 2 N–H and O–H groups in total. The summed E-state index contributed by atoms with van der Waals surface area (Å²) in [7, 11) is 0. The van der Waals surface area contributed by atoms with Crippen LogP contribution in [0.3, 0.4) is 0 Å². The van der Waals surface area contributed by atoms with E-state index in [2.05, 4.69) is 15.5 Å². The maximum atomic E-state index is 12.3. The van der Waals surface area contributed by atoms with Crippen LogP contribution in [0.4, 0.5) is 0 Å². The van der Waals surface area contributed by atoms with E-state index in [-0.39, 0.29) is 5.91 Å². The van der Waals surface area contributed by atoms with E-state index in [9.17, 15) is 4.79 Å². The molecule has 1 aromatic heterocycles. The zero-order valence-corrected chi connectivity index (χ0v) is 11.5. The Balaban J connectivity index is 1.51. The van der Waals surface area contributed by atoms with Gasteiger partial charge in [-0.3, -0.25) is 9.89 Å². The van der Waals surface area contributed by atoms with Gasteiger partial charge in [-0.15, -0.1) is 0 Å². The summed E-state index contributed by atoms with van der Waals surface area (Å²) in [6.07, 6.45) is 8.15. The molecule has 0 aliphatic heterocycles. The van der Waals surface area contributed by atoms with Gasteiger partial charge in [0.05, 0.1) is 11.8 Å². The standard InChI is InChI=1S/C14H18ClN3O/c15-13-11(6-16-18-13)14(19)17-12-9-2-7-1-8(4-9)5-10(12)3-7/h6-10,12H,1-5H2,(H,16,18)(H,17,19). The molecule has 1 aromatic rings. The van der Waals surface area contributed by atoms with Crippen LogP contribution in [0.15, 0.2) is 6.20 Å². The second-order valence-electron chi connectivity index (χ2n) is 6.53. The molecule has 4 aliphatic rings. The van der Waals surface area contributed by atoms with Gasteiger partial charge in [-0.05, 0) is 55.8 Å². The highest BCUT2D eigenvalue weighted by Gasteiger charge is 2.48. The predicted octanol–water partition coefficient (Wildman–Crippen LogP) is 2.62. The molecule has 19 heavy (non-hydrogen) atoms. The van der Waals surface area contributed by atoms with E-state index in [1.54, 1.807) is 0 Å². The minimum Gasteiger partial charge on any atom is -0.349 e. The Morgan fingerprint density at radius 1 is 1.21 bits per heavy atom. The molecular formula is C14H18ClN3O. The molecule has 1 heterocycles. The number of aromatic amines is 1. The number of hydrogen-bond donors (Lipinski definition) is 2. The Morgan fingerprint density at radius 3 is 2.37 bits per heavy atom. The quantitative estimate of drug-likeness (QED) is 0.874. The van der Waals surface area contributed by atoms with Crippen molar-refractivity contribution in [2.75, 3.05) is 0 Å². The van der Waals surface area contributed by atoms with Gasteiger partial charge in [-0.2, -0.15) is 5.10 Å². The summed E-state index contributed by atoms with van der Waals surface area (Å²) in [4.78, 5) is 12.3. The molecular weight excluding hydrogens is 262 g/mol. The fourth-order valence-corrected chi connectivity index (χ4v) is 5.00. The maximum absolute atomic E-state index is 12.3. The lowest BCUT2D eigenvalue weighted by Crippen LogP contribution is -2.55. The van der Waals surface area contributed by atoms with Gasteiger partial charge < -0.3 is 5.32 Å². The summed E-state index contributed by atoms with van der Waals surface area (Å²) in [6.45, 7) is 0. The Morgan fingerprint density at radius 2 is 1.84 bits per heavy atom. The van der Waals surface area contributed by atoms with E-state index in [4.69, 9.17) is 11.6 Å². The number of nitrogens with one attached hydrogen (secondary N) is 2. The van der Waals surface area contributed by atoms with E-state index in [1.165, 1.54) is 38.3 Å². The number of amides is 1. The third-order valence-corrected chi connectivity index (χ3v) is 5.65. The average molecular weight is 280 g/mol. The summed E-state index contributed by atoms with van der Waals surface area (Å²) in [5.41, 5.74) is 0.468. The van der Waals surface area contributed by atoms with Crippen LogP contribution < -0.4 is 5.32 Å². The van der Waals surface area contributed by atoms with Crippen LogP contribution in [-0.2, 0) is 0 Å². The number of carbonyl (C=O) groups excluding carboxylic acids is 1. The van der Waals surface area contributed by atoms with Crippen molar-refractivity contribution in [1.29, 1.82) is 0 Å². The van der Waals surface area contributed by atoms with Crippen molar-refractivity contribution >= 4 is 17.5 Å². The number of H-pyrrole nitrogens is 1. The molecule has 102 valence electrons. The number of hydrogen-bond acceptors (Lipinski definition) is 2. The van der Waals surface area contributed by atoms with Crippen LogP contribution in [0.25, 0.3) is 0 Å². The topological polar surface area (TPSA) is 57.8 Å². The van der Waals surface area contributed by atoms with Crippen LogP contribution in [0.1, 0.15) is 42.5 Å². The van der Waals surface area contributed by atoms with Crippen molar-refractivity contribution in [2.24, 2.45) is 23.7 Å². The zero-order chi connectivity index (χ0) is 13.0. The third-order valence-electron chi connectivity index (χ3n) is 5.36. The third kappa shape index (κ3) is 1.88. The highest BCUT2D eigenvalue weighted by Crippen LogP contribution is 2.53. The number of aromatic nitrogens is 2. The molecule has 0 unspecified atom stereocenters. The highest BCUT2D eigenvalue weighted by molar-refractivity contribution is 6.32. The fraction of sp³-hybridized carbons (Fsp3) is 0.714. The molecule has 0 atom stereocenters. The van der Waals surface area contributed by atoms with E-state index < -0.39 is 0 Å². The van der Waals surface area contributed by atoms with Gasteiger partial charge in [0.1, 0.15) is 5.15 Å². The minimum absolute atomic E-state index is 0.0729. The van der Waals surface area contributed by atoms with Gasteiger partial charge in [0, 0.05) is 6.04 Å². The van der Waals surface area contributed by atoms with Crippen LogP contribution in [0, 0.1) is 23.7 Å². The lowest BCUT2D eigenvalue weighted by molar-refractivity contribution is -0.0119. The second kappa shape index (κ2) is 4.23. The first-order valence-electron chi connectivity index (χ1n) is 7.20. The van der Waals surface area contributed by atoms with Gasteiger partial charge in [-0.1, -0.05) is 11.6 Å². The second-order valence-corrected chi connectivity index (χ2v) is 6.91. The van der Waals surface area contributed by atoms with Crippen molar-refractivity contribution in [1.82, 2.24) is 15.5 Å². The van der Waals surface area contributed by atoms with E-state index in [0.29, 0.717) is 28.6 Å². The highest BCUT2D eigenvalue weighted by atomic mass is 35.5. The number of halogens is 1. The maximum Gasteiger partial charge on any atom is 0.256 e. The summed E-state index contributed by atoms with van der Waals surface area (Å²) < 4.78 is 0. The molecule has 0 spiro atoms. The monoisotopic (exact) mass is 279 g/mol. The largest absolute Gasteiger partial charge is 0.349 e. The Kier molecular flexibility index (Phi) is 2.62. The van der Waals surface area contributed by atoms with Crippen LogP contribution in [0.2, 0.25) is 5.15 Å². The Hall–Kier alpha value is -1.03. The van der Waals surface area contributed by atoms with Gasteiger partial charge in [0.15, 0.2) is 0 Å². The normalized spacial score (nSPS) is 39.5. The van der Waals surface area contributed by atoms with Crippen LogP contribution in [-0.4, -0.2) is 22.1 Å². The van der Waals surface area contributed by atoms with E-state index in [0.717, 1.165) is 11.8 Å². The van der Waals surface area contributed by atoms with Crippen molar-refractivity contribution in [2.45, 2.75) is 38.1 Å². The molecule has 5 rings (SSSR count). The first-order chi connectivity index (χ1) is 9.20. The summed E-state index contributed by atoms with van der Waals surface area (Å²) >= 11 is 5.92. The molecule has 5 heteroatoms. The minimum atomic E-state index is -0.0729. The zero-order valence-electron chi connectivity index (χ0n) is 10.7. The molecule has 4 saturated carbocycles. The summed E-state index contributed by atoms with van der Waals surface area (Å²) in [5, 5.41) is 9.97. The van der Waals surface area contributed by atoms with Crippen molar-refractivity contribution < 1.29 is 4.79 Å². The lowest BCUT2D eigenvalue weighted by atomic mass is 9.54. The molecule has 0 saturated heterocycles. The Labute approximate surface area is 117 Å². The van der Waals surface area contributed by atoms with E-state index >= 15 is 0 Å². The predicted molar refractivity (Wildman–Crippen MR) is 71.9 cm³/mol. The van der Waals surface area contributed by atoms with Gasteiger partial charge in [-0.25, -0.2) is 0 Å². The van der Waals surface area contributed by atoms with Gasteiger partial charge in [0.2, 0.25) is 0 Å². The first-order valence-corrected chi connectivity index (χ1v) is 7.58. The first kappa shape index (κ1) is 11.8. The van der Waals surface area contributed by atoms with Gasteiger partial charge in [0.25, 0.3) is 5.91 Å². The lowest BCUT2D eigenvalue weighted by Gasteiger charge is -2.54. The van der Waals surface area contributed by atoms with Crippen molar-refractivity contribution in [3.05, 3.63) is 16.9 Å². The average Bonchev–Trinajstić information content (AvgIpc) is 2.79. The molecule has 0 aromatic carbocycles. The van der Waals surface area contributed by atoms with Crippen LogP contribution >= 0.6 is 11.6 Å². The number of rotatable bonds is 2. The van der Waals surface area contributed by atoms with Crippen LogP contribution in [0.5, 0.6) is 0 Å². The molecule has 4 bridgehead atoms. The summed E-state index contributed by atoms with van der Waals surface area (Å²) in [5.74, 6) is 3.15. The van der Waals surface area contributed by atoms with Crippen molar-refractivity contribution in [3.8, 4) is 0 Å². The van der Waals surface area contributed by atoms with E-state index in [1.807, 2.05) is 0 Å². The molecule has 1 amide bonds. The summed E-state index contributed by atoms with van der Waals surface area (Å²) in [6, 6.07) is 0.353. The Bertz CT molecular complexity index is 485. The number of carbonyl (C=O) groups is 1. The smallest absolute Gasteiger partial charge is 0.256 e. The molecule has 4 fully saturated rings. The SMILES string of the molecule is O=C(NC1C2CC3CC(C2)CC1C3)c1cn[nH]c1Cl. The number of nitrogens with zero attached hydrogens (tertiary/aromatic N) is 1. The molecule has 0 radical (unpaired) electrons. The fourth-order valence-electron chi connectivity index (χ4n) is 4.82. The molecule has 4 aliphatic carbocycles. The molecule has 4 nitrogen and oxygen atoms in total. The van der Waals surface area contributed by atoms with Crippen molar-refractivity contribution in [3.63, 3.8) is 0 Å².